The number of carboxylic acid groups (broad SMARTS) is 1. The van der Waals surface area contributed by atoms with E-state index in [0.29, 0.717) is 29.5 Å². The Balaban J connectivity index is 1.41. The number of hydrogen-bond donors (Lipinski definition) is 3. The number of nitrogens with zero attached hydrogens (tertiary/aromatic N) is 1. The van der Waals surface area contributed by atoms with E-state index in [2.05, 4.69) is 15.6 Å². The second kappa shape index (κ2) is 10.5. The Hall–Kier alpha value is -3.23. The molecular formula is C22H23N3O4S. The van der Waals surface area contributed by atoms with Crippen molar-refractivity contribution in [1.29, 1.82) is 0 Å². The lowest BCUT2D eigenvalue weighted by atomic mass is 10.2. The van der Waals surface area contributed by atoms with E-state index >= 15 is 0 Å². The number of carbonyl (C=O) groups excluding carboxylic acids is 1. The molecule has 0 aliphatic carbocycles. The fourth-order valence-electron chi connectivity index (χ4n) is 2.78. The zero-order chi connectivity index (χ0) is 21.3. The highest BCUT2D eigenvalue weighted by atomic mass is 32.1. The van der Waals surface area contributed by atoms with E-state index in [-0.39, 0.29) is 5.91 Å². The van der Waals surface area contributed by atoms with E-state index in [1.807, 2.05) is 36.4 Å². The normalized spacial score (nSPS) is 10.6. The van der Waals surface area contributed by atoms with Gasteiger partial charge >= 0.3 is 5.97 Å². The molecule has 0 radical (unpaired) electrons. The molecule has 0 atom stereocenters. The minimum absolute atomic E-state index is 0.115. The number of carboxylic acids is 1. The molecule has 3 rings (SSSR count). The monoisotopic (exact) mass is 425 g/mol. The lowest BCUT2D eigenvalue weighted by Gasteiger charge is -2.09. The third kappa shape index (κ3) is 6.40. The Labute approximate surface area is 178 Å². The first-order valence-electron chi connectivity index (χ1n) is 9.52. The van der Waals surface area contributed by atoms with Gasteiger partial charge in [-0.15, -0.1) is 11.3 Å². The molecule has 2 heterocycles. The van der Waals surface area contributed by atoms with Crippen LogP contribution in [-0.4, -0.2) is 35.1 Å². The molecule has 156 valence electrons. The molecule has 0 fully saturated rings. The second-order valence-electron chi connectivity index (χ2n) is 6.57. The van der Waals surface area contributed by atoms with Crippen molar-refractivity contribution in [2.24, 2.45) is 0 Å². The highest BCUT2D eigenvalue weighted by Crippen LogP contribution is 2.26. The van der Waals surface area contributed by atoms with Crippen LogP contribution < -0.4 is 15.4 Å². The molecule has 1 aromatic carbocycles. The molecule has 0 aliphatic rings. The summed E-state index contributed by atoms with van der Waals surface area (Å²) in [5.41, 5.74) is 2.38. The van der Waals surface area contributed by atoms with Crippen LogP contribution in [0.3, 0.4) is 0 Å². The molecule has 3 aromatic rings. The van der Waals surface area contributed by atoms with Crippen molar-refractivity contribution >= 4 is 28.9 Å². The summed E-state index contributed by atoms with van der Waals surface area (Å²) in [6.45, 7) is 3.40. The van der Waals surface area contributed by atoms with Crippen LogP contribution in [0.5, 0.6) is 5.75 Å². The molecule has 0 bridgehead atoms. The number of benzene rings is 1. The molecule has 0 unspecified atom stereocenters. The summed E-state index contributed by atoms with van der Waals surface area (Å²) in [4.78, 5) is 27.9. The molecule has 1 amide bonds. The number of carbonyl (C=O) groups is 2. The Morgan fingerprint density at radius 3 is 2.73 bits per heavy atom. The van der Waals surface area contributed by atoms with Gasteiger partial charge in [0.15, 0.2) is 0 Å². The van der Waals surface area contributed by atoms with E-state index in [4.69, 9.17) is 9.84 Å². The number of anilines is 1. The van der Waals surface area contributed by atoms with Gasteiger partial charge in [-0.25, -0.2) is 4.79 Å². The Bertz CT molecular complexity index is 1020. The maximum atomic E-state index is 11.1. The summed E-state index contributed by atoms with van der Waals surface area (Å²) in [5.74, 6) is -0.323. The van der Waals surface area contributed by atoms with Crippen LogP contribution >= 0.6 is 11.3 Å². The first-order valence-corrected chi connectivity index (χ1v) is 10.3. The number of nitrogens with one attached hydrogen (secondary N) is 2. The van der Waals surface area contributed by atoms with Gasteiger partial charge in [-0.3, -0.25) is 9.78 Å². The summed E-state index contributed by atoms with van der Waals surface area (Å²) in [6, 6.07) is 16.4. The molecule has 8 heteroatoms. The van der Waals surface area contributed by atoms with E-state index in [0.717, 1.165) is 29.2 Å². The Kier molecular flexibility index (Phi) is 7.53. The van der Waals surface area contributed by atoms with Crippen LogP contribution in [0.1, 0.15) is 28.7 Å². The van der Waals surface area contributed by atoms with E-state index in [1.54, 1.807) is 18.2 Å². The van der Waals surface area contributed by atoms with Gasteiger partial charge < -0.3 is 20.5 Å². The maximum Gasteiger partial charge on any atom is 0.345 e. The topological polar surface area (TPSA) is 101 Å². The third-order valence-electron chi connectivity index (χ3n) is 4.10. The number of thiophene rings is 1. The summed E-state index contributed by atoms with van der Waals surface area (Å²) < 4.78 is 5.73. The van der Waals surface area contributed by atoms with Crippen molar-refractivity contribution in [1.82, 2.24) is 10.3 Å². The number of amides is 1. The van der Waals surface area contributed by atoms with Crippen LogP contribution in [0, 0.1) is 0 Å². The van der Waals surface area contributed by atoms with Crippen LogP contribution in [0.25, 0.3) is 10.6 Å². The lowest BCUT2D eigenvalue weighted by molar-refractivity contribution is -0.114. The number of pyridine rings is 1. The third-order valence-corrected chi connectivity index (χ3v) is 5.20. The summed E-state index contributed by atoms with van der Waals surface area (Å²) in [5, 5.41) is 15.1. The SMILES string of the molecule is CC(=O)Nc1cccc(OCCCNCc2cccc(-c3ccc(C(=O)O)s3)n2)c1. The van der Waals surface area contributed by atoms with Crippen molar-refractivity contribution in [3.63, 3.8) is 0 Å². The predicted molar refractivity (Wildman–Crippen MR) is 117 cm³/mol. The van der Waals surface area contributed by atoms with Crippen molar-refractivity contribution in [3.05, 3.63) is 65.2 Å². The zero-order valence-electron chi connectivity index (χ0n) is 16.6. The molecule has 7 nitrogen and oxygen atoms in total. The average molecular weight is 426 g/mol. The van der Waals surface area contributed by atoms with Gasteiger partial charge in [0.1, 0.15) is 10.6 Å². The van der Waals surface area contributed by atoms with Gasteiger partial charge in [-0.2, -0.15) is 0 Å². The van der Waals surface area contributed by atoms with E-state index in [9.17, 15) is 9.59 Å². The van der Waals surface area contributed by atoms with Crippen LogP contribution in [0.15, 0.2) is 54.6 Å². The minimum Gasteiger partial charge on any atom is -0.493 e. The summed E-state index contributed by atoms with van der Waals surface area (Å²) in [6.07, 6.45) is 0.816. The number of aromatic nitrogens is 1. The number of rotatable bonds is 10. The second-order valence-corrected chi connectivity index (χ2v) is 7.65. The Morgan fingerprint density at radius 1 is 1.13 bits per heavy atom. The van der Waals surface area contributed by atoms with E-state index < -0.39 is 5.97 Å². The van der Waals surface area contributed by atoms with Crippen molar-refractivity contribution in [2.45, 2.75) is 19.9 Å². The molecule has 0 saturated carbocycles. The number of hydrogen-bond acceptors (Lipinski definition) is 6. The van der Waals surface area contributed by atoms with Crippen molar-refractivity contribution in [2.75, 3.05) is 18.5 Å². The first-order chi connectivity index (χ1) is 14.5. The molecule has 3 N–H and O–H groups in total. The average Bonchev–Trinajstić information content (AvgIpc) is 3.21. The largest absolute Gasteiger partial charge is 0.493 e. The fourth-order valence-corrected chi connectivity index (χ4v) is 3.59. The number of ether oxygens (including phenoxy) is 1. The summed E-state index contributed by atoms with van der Waals surface area (Å²) in [7, 11) is 0. The van der Waals surface area contributed by atoms with Gasteiger partial charge in [-0.1, -0.05) is 12.1 Å². The van der Waals surface area contributed by atoms with Crippen LogP contribution in [0.2, 0.25) is 0 Å². The van der Waals surface area contributed by atoms with Gasteiger partial charge in [0, 0.05) is 25.2 Å². The van der Waals surface area contributed by atoms with Crippen LogP contribution in [-0.2, 0) is 11.3 Å². The molecule has 0 spiro atoms. The van der Waals surface area contributed by atoms with Gasteiger partial charge in [0.25, 0.3) is 0 Å². The first kappa shape index (κ1) is 21.5. The molecular weight excluding hydrogens is 402 g/mol. The molecule has 2 aromatic heterocycles. The van der Waals surface area contributed by atoms with Gasteiger partial charge in [0.05, 0.1) is 22.9 Å². The fraction of sp³-hybridized carbons (Fsp3) is 0.227. The van der Waals surface area contributed by atoms with Gasteiger partial charge in [-0.05, 0) is 49.4 Å². The molecule has 30 heavy (non-hydrogen) atoms. The predicted octanol–water partition coefficient (Wildman–Crippen LogP) is 4.03. The van der Waals surface area contributed by atoms with E-state index in [1.165, 1.54) is 18.3 Å². The molecule has 0 saturated heterocycles. The zero-order valence-corrected chi connectivity index (χ0v) is 17.4. The highest BCUT2D eigenvalue weighted by molar-refractivity contribution is 7.17. The summed E-state index contributed by atoms with van der Waals surface area (Å²) >= 11 is 1.22. The van der Waals surface area contributed by atoms with Crippen LogP contribution in [0.4, 0.5) is 5.69 Å². The lowest BCUT2D eigenvalue weighted by Crippen LogP contribution is -2.17. The number of aromatic carboxylic acids is 1. The quantitative estimate of drug-likeness (QED) is 0.424. The standard InChI is InChI=1S/C22H23N3O4S/c1-15(26)24-16-5-2-7-18(13-16)29-12-4-11-23-14-17-6-3-8-19(25-17)20-9-10-21(30-20)22(27)28/h2-3,5-10,13,23H,4,11-12,14H2,1H3,(H,24,26)(H,27,28). The van der Waals surface area contributed by atoms with Crippen molar-refractivity contribution < 1.29 is 19.4 Å². The maximum absolute atomic E-state index is 11.1. The van der Waals surface area contributed by atoms with Crippen molar-refractivity contribution in [3.8, 4) is 16.3 Å². The smallest absolute Gasteiger partial charge is 0.345 e. The Morgan fingerprint density at radius 2 is 1.97 bits per heavy atom. The highest BCUT2D eigenvalue weighted by Gasteiger charge is 2.09. The molecule has 0 aliphatic heterocycles. The van der Waals surface area contributed by atoms with Gasteiger partial charge in [0.2, 0.25) is 5.91 Å². The minimum atomic E-state index is -0.923.